The monoisotopic (exact) mass is 244 g/mol. The smallest absolute Gasteiger partial charge is 0.326 e. The van der Waals surface area contributed by atoms with E-state index in [2.05, 4.69) is 12.2 Å². The van der Waals surface area contributed by atoms with Crippen molar-refractivity contribution in [3.63, 3.8) is 0 Å². The molecule has 0 radical (unpaired) electrons. The maximum absolute atomic E-state index is 11.5. The molecule has 0 spiro atoms. The lowest BCUT2D eigenvalue weighted by atomic mass is 9.96. The fourth-order valence-corrected chi connectivity index (χ4v) is 1.73. The molecular weight excluding hydrogens is 220 g/mol. The van der Waals surface area contributed by atoms with Gasteiger partial charge in [0.15, 0.2) is 0 Å². The zero-order valence-corrected chi connectivity index (χ0v) is 10.7. The van der Waals surface area contributed by atoms with Gasteiger partial charge < -0.3 is 16.2 Å². The second kappa shape index (κ2) is 8.98. The Hall–Kier alpha value is -1.10. The maximum atomic E-state index is 11.5. The predicted molar refractivity (Wildman–Crippen MR) is 66.5 cm³/mol. The van der Waals surface area contributed by atoms with Crippen LogP contribution in [0.2, 0.25) is 0 Å². The summed E-state index contributed by atoms with van der Waals surface area (Å²) in [7, 11) is 0. The van der Waals surface area contributed by atoms with Crippen molar-refractivity contribution < 1.29 is 14.7 Å². The van der Waals surface area contributed by atoms with Gasteiger partial charge in [0.05, 0.1) is 0 Å². The Kier molecular flexibility index (Phi) is 8.40. The molecular formula is C12H24N2O3. The van der Waals surface area contributed by atoms with Gasteiger partial charge in [-0.2, -0.15) is 0 Å². The highest BCUT2D eigenvalue weighted by Gasteiger charge is 2.17. The van der Waals surface area contributed by atoms with E-state index in [0.29, 0.717) is 25.3 Å². The molecule has 0 saturated carbocycles. The summed E-state index contributed by atoms with van der Waals surface area (Å²) >= 11 is 0. The minimum Gasteiger partial charge on any atom is -0.480 e. The van der Waals surface area contributed by atoms with Crippen LogP contribution in [0.15, 0.2) is 0 Å². The summed E-state index contributed by atoms with van der Waals surface area (Å²) < 4.78 is 0. The number of carbonyl (C=O) groups excluding carboxylic acids is 1. The van der Waals surface area contributed by atoms with Crippen molar-refractivity contribution >= 4 is 11.9 Å². The van der Waals surface area contributed by atoms with E-state index in [4.69, 9.17) is 10.8 Å². The van der Waals surface area contributed by atoms with Crippen molar-refractivity contribution in [1.29, 1.82) is 0 Å². The molecule has 0 bridgehead atoms. The Labute approximate surface area is 103 Å². The number of hydrogen-bond donors (Lipinski definition) is 3. The molecule has 1 unspecified atom stereocenters. The Morgan fingerprint density at radius 1 is 1.24 bits per heavy atom. The summed E-state index contributed by atoms with van der Waals surface area (Å²) in [5.41, 5.74) is 5.48. The standard InChI is InChI=1S/C12H24N2O3/c1-3-9(7-8-13)5-6-11(15)14-10(4-2)12(16)17/h9-10H,3-8,13H2,1-2H3,(H,14,15)(H,16,17)/t9?,10-/m0/s1. The summed E-state index contributed by atoms with van der Waals surface area (Å²) in [6.45, 7) is 4.44. The van der Waals surface area contributed by atoms with Gasteiger partial charge in [-0.3, -0.25) is 4.79 Å². The number of amides is 1. The second-order valence-corrected chi connectivity index (χ2v) is 4.26. The van der Waals surface area contributed by atoms with Gasteiger partial charge in [-0.05, 0) is 31.7 Å². The largest absolute Gasteiger partial charge is 0.480 e. The summed E-state index contributed by atoms with van der Waals surface area (Å²) in [5, 5.41) is 11.3. The minimum atomic E-state index is -0.977. The molecule has 0 saturated heterocycles. The van der Waals surface area contributed by atoms with E-state index in [1.165, 1.54) is 0 Å². The van der Waals surface area contributed by atoms with Crippen molar-refractivity contribution in [1.82, 2.24) is 5.32 Å². The van der Waals surface area contributed by atoms with Gasteiger partial charge in [-0.25, -0.2) is 4.79 Å². The lowest BCUT2D eigenvalue weighted by molar-refractivity contribution is -0.141. The highest BCUT2D eigenvalue weighted by molar-refractivity contribution is 5.83. The van der Waals surface area contributed by atoms with Crippen molar-refractivity contribution in [3.05, 3.63) is 0 Å². The number of hydrogen-bond acceptors (Lipinski definition) is 3. The zero-order chi connectivity index (χ0) is 13.3. The van der Waals surface area contributed by atoms with Crippen molar-refractivity contribution in [2.24, 2.45) is 11.7 Å². The third kappa shape index (κ3) is 6.94. The molecule has 17 heavy (non-hydrogen) atoms. The number of nitrogens with two attached hydrogens (primary N) is 1. The van der Waals surface area contributed by atoms with Gasteiger partial charge in [0.2, 0.25) is 5.91 Å². The maximum Gasteiger partial charge on any atom is 0.326 e. The lowest BCUT2D eigenvalue weighted by Crippen LogP contribution is -2.40. The zero-order valence-electron chi connectivity index (χ0n) is 10.7. The van der Waals surface area contributed by atoms with Gasteiger partial charge in [-0.15, -0.1) is 0 Å². The number of nitrogens with one attached hydrogen (secondary N) is 1. The predicted octanol–water partition coefficient (Wildman–Crippen LogP) is 1.12. The normalized spacial score (nSPS) is 14.1. The van der Waals surface area contributed by atoms with Gasteiger partial charge in [0.25, 0.3) is 0 Å². The topological polar surface area (TPSA) is 92.4 Å². The molecule has 0 aromatic carbocycles. The van der Waals surface area contributed by atoms with E-state index in [9.17, 15) is 9.59 Å². The van der Waals surface area contributed by atoms with E-state index >= 15 is 0 Å². The van der Waals surface area contributed by atoms with E-state index in [1.54, 1.807) is 6.92 Å². The van der Waals surface area contributed by atoms with Crippen LogP contribution in [0.25, 0.3) is 0 Å². The molecule has 0 aliphatic carbocycles. The minimum absolute atomic E-state index is 0.185. The fourth-order valence-electron chi connectivity index (χ4n) is 1.73. The molecule has 0 aliphatic heterocycles. The molecule has 100 valence electrons. The average Bonchev–Trinajstić information content (AvgIpc) is 2.30. The number of rotatable bonds is 9. The third-order valence-corrected chi connectivity index (χ3v) is 2.97. The second-order valence-electron chi connectivity index (χ2n) is 4.26. The summed E-state index contributed by atoms with van der Waals surface area (Å²) in [6, 6.07) is -0.767. The molecule has 0 aromatic rings. The van der Waals surface area contributed by atoms with E-state index in [1.807, 2.05) is 0 Å². The van der Waals surface area contributed by atoms with Crippen molar-refractivity contribution in [2.45, 2.75) is 52.0 Å². The van der Waals surface area contributed by atoms with Crippen LogP contribution in [0.3, 0.4) is 0 Å². The summed E-state index contributed by atoms with van der Waals surface area (Å²) in [4.78, 5) is 22.3. The SMILES string of the molecule is CCC(CCN)CCC(=O)N[C@@H](CC)C(=O)O. The number of carbonyl (C=O) groups is 2. The molecule has 1 amide bonds. The van der Waals surface area contributed by atoms with Crippen LogP contribution in [-0.2, 0) is 9.59 Å². The molecule has 0 fully saturated rings. The van der Waals surface area contributed by atoms with E-state index < -0.39 is 12.0 Å². The van der Waals surface area contributed by atoms with Gasteiger partial charge in [-0.1, -0.05) is 20.3 Å². The Bertz CT molecular complexity index is 244. The highest BCUT2D eigenvalue weighted by atomic mass is 16.4. The first-order chi connectivity index (χ1) is 8.04. The van der Waals surface area contributed by atoms with Crippen LogP contribution in [-0.4, -0.2) is 29.6 Å². The van der Waals surface area contributed by atoms with Gasteiger partial charge in [0, 0.05) is 6.42 Å². The fraction of sp³-hybridized carbons (Fsp3) is 0.833. The Morgan fingerprint density at radius 2 is 1.88 bits per heavy atom. The van der Waals surface area contributed by atoms with Crippen molar-refractivity contribution in [3.8, 4) is 0 Å². The number of aliphatic carboxylic acids is 1. The molecule has 0 heterocycles. The average molecular weight is 244 g/mol. The first kappa shape index (κ1) is 15.9. The van der Waals surface area contributed by atoms with Crippen LogP contribution < -0.4 is 11.1 Å². The first-order valence-electron chi connectivity index (χ1n) is 6.27. The van der Waals surface area contributed by atoms with Crippen LogP contribution >= 0.6 is 0 Å². The molecule has 4 N–H and O–H groups in total. The highest BCUT2D eigenvalue weighted by Crippen LogP contribution is 2.14. The molecule has 2 atom stereocenters. The third-order valence-electron chi connectivity index (χ3n) is 2.97. The van der Waals surface area contributed by atoms with Gasteiger partial charge >= 0.3 is 5.97 Å². The van der Waals surface area contributed by atoms with Crippen molar-refractivity contribution in [2.75, 3.05) is 6.54 Å². The summed E-state index contributed by atoms with van der Waals surface area (Å²) in [5.74, 6) is -0.708. The quantitative estimate of drug-likeness (QED) is 0.566. The molecule has 0 aliphatic rings. The molecule has 0 aromatic heterocycles. The van der Waals surface area contributed by atoms with E-state index in [0.717, 1.165) is 19.3 Å². The van der Waals surface area contributed by atoms with Crippen LogP contribution in [0.5, 0.6) is 0 Å². The van der Waals surface area contributed by atoms with Crippen LogP contribution in [0, 0.1) is 5.92 Å². The Morgan fingerprint density at radius 3 is 2.29 bits per heavy atom. The molecule has 0 rings (SSSR count). The first-order valence-corrected chi connectivity index (χ1v) is 6.27. The van der Waals surface area contributed by atoms with Gasteiger partial charge in [0.1, 0.15) is 6.04 Å². The van der Waals surface area contributed by atoms with E-state index in [-0.39, 0.29) is 5.91 Å². The molecule has 5 heteroatoms. The molecule has 5 nitrogen and oxygen atoms in total. The summed E-state index contributed by atoms with van der Waals surface area (Å²) in [6.07, 6.45) is 3.47. The number of carboxylic acids is 1. The lowest BCUT2D eigenvalue weighted by Gasteiger charge is -2.15. The Balaban J connectivity index is 3.96. The number of carboxylic acid groups (broad SMARTS) is 1. The van der Waals surface area contributed by atoms with Crippen LogP contribution in [0.4, 0.5) is 0 Å². The van der Waals surface area contributed by atoms with Crippen LogP contribution in [0.1, 0.15) is 46.0 Å².